The van der Waals surface area contributed by atoms with E-state index in [1.54, 1.807) is 12.1 Å². The molecule has 1 rings (SSSR count). The minimum atomic E-state index is 0.371. The predicted octanol–water partition coefficient (Wildman–Crippen LogP) is 2.43. The van der Waals surface area contributed by atoms with E-state index in [0.29, 0.717) is 17.1 Å². The zero-order valence-electron chi connectivity index (χ0n) is 6.14. The summed E-state index contributed by atoms with van der Waals surface area (Å²) in [5, 5.41) is 9.13. The first kappa shape index (κ1) is 9.53. The highest BCUT2D eigenvalue weighted by Crippen LogP contribution is 2.27. The lowest BCUT2D eigenvalue weighted by Crippen LogP contribution is -1.98. The van der Waals surface area contributed by atoms with E-state index in [9.17, 15) is 0 Å². The molecule has 2 N–H and O–H groups in total. The van der Waals surface area contributed by atoms with Crippen molar-refractivity contribution in [3.05, 3.63) is 32.8 Å². The van der Waals surface area contributed by atoms with Gasteiger partial charge in [-0.15, -0.1) is 0 Å². The van der Waals surface area contributed by atoms with Crippen LogP contribution in [0.2, 0.25) is 5.02 Å². The third-order valence-electron chi connectivity index (χ3n) is 1.45. The Morgan fingerprint density at radius 3 is 2.75 bits per heavy atom. The van der Waals surface area contributed by atoms with Crippen LogP contribution in [-0.2, 0) is 6.54 Å². The molecule has 2 nitrogen and oxygen atoms in total. The van der Waals surface area contributed by atoms with Crippen molar-refractivity contribution in [2.75, 3.05) is 0 Å². The van der Waals surface area contributed by atoms with Crippen LogP contribution >= 0.6 is 27.5 Å². The molecule has 0 bridgehead atoms. The number of nitrogens with zero attached hydrogens (tertiary/aromatic N) is 1. The van der Waals surface area contributed by atoms with Gasteiger partial charge in [-0.1, -0.05) is 11.6 Å². The van der Waals surface area contributed by atoms with Crippen molar-refractivity contribution in [2.24, 2.45) is 5.73 Å². The standard InChI is InChI=1S/C8H6BrClN2/c9-8-6(4-12)1-5(3-11)2-7(8)10/h1-2H,4,12H2. The molecule has 0 aliphatic carbocycles. The van der Waals surface area contributed by atoms with Crippen LogP contribution in [0.5, 0.6) is 0 Å². The van der Waals surface area contributed by atoms with Crippen LogP contribution in [0.3, 0.4) is 0 Å². The fraction of sp³-hybridized carbons (Fsp3) is 0.125. The van der Waals surface area contributed by atoms with Gasteiger partial charge >= 0.3 is 0 Å². The molecular weight excluding hydrogens is 239 g/mol. The minimum Gasteiger partial charge on any atom is -0.326 e. The lowest BCUT2D eigenvalue weighted by molar-refractivity contribution is 1.06. The van der Waals surface area contributed by atoms with Crippen molar-refractivity contribution in [3.63, 3.8) is 0 Å². The average molecular weight is 246 g/mol. The Hall–Kier alpha value is -0.560. The number of nitrogens with two attached hydrogens (primary N) is 1. The summed E-state index contributed by atoms with van der Waals surface area (Å²) in [6.07, 6.45) is 0. The minimum absolute atomic E-state index is 0.371. The van der Waals surface area contributed by atoms with E-state index in [2.05, 4.69) is 15.9 Å². The average Bonchev–Trinajstić information content (AvgIpc) is 2.09. The van der Waals surface area contributed by atoms with Crippen LogP contribution in [0.4, 0.5) is 0 Å². The Balaban J connectivity index is 3.31. The summed E-state index contributed by atoms with van der Waals surface area (Å²) < 4.78 is 0.769. The highest BCUT2D eigenvalue weighted by Gasteiger charge is 2.04. The summed E-state index contributed by atoms with van der Waals surface area (Å²) in [4.78, 5) is 0. The third-order valence-corrected chi connectivity index (χ3v) is 2.92. The lowest BCUT2D eigenvalue weighted by atomic mass is 10.1. The fourth-order valence-electron chi connectivity index (χ4n) is 0.859. The first-order valence-corrected chi connectivity index (χ1v) is 4.44. The molecule has 0 saturated heterocycles. The third kappa shape index (κ3) is 1.78. The molecule has 12 heavy (non-hydrogen) atoms. The molecule has 0 spiro atoms. The second-order valence-corrected chi connectivity index (χ2v) is 3.45. The Morgan fingerprint density at radius 1 is 1.58 bits per heavy atom. The second-order valence-electron chi connectivity index (χ2n) is 2.25. The van der Waals surface area contributed by atoms with E-state index in [-0.39, 0.29) is 0 Å². The van der Waals surface area contributed by atoms with Gasteiger partial charge in [-0.3, -0.25) is 0 Å². The number of hydrogen-bond acceptors (Lipinski definition) is 2. The number of halogens is 2. The Bertz CT molecular complexity index is 344. The Kier molecular flexibility index (Phi) is 3.10. The summed E-state index contributed by atoms with van der Waals surface area (Å²) in [6, 6.07) is 5.33. The molecule has 0 heterocycles. The SMILES string of the molecule is N#Cc1cc(Cl)c(Br)c(CN)c1. The number of benzene rings is 1. The summed E-state index contributed by atoms with van der Waals surface area (Å²) in [7, 11) is 0. The van der Waals surface area contributed by atoms with Gasteiger partial charge < -0.3 is 5.73 Å². The van der Waals surface area contributed by atoms with E-state index in [0.717, 1.165) is 10.0 Å². The monoisotopic (exact) mass is 244 g/mol. The zero-order valence-corrected chi connectivity index (χ0v) is 8.48. The molecule has 0 radical (unpaired) electrons. The van der Waals surface area contributed by atoms with Gasteiger partial charge in [0.2, 0.25) is 0 Å². The molecule has 62 valence electrons. The first-order valence-electron chi connectivity index (χ1n) is 3.27. The van der Waals surface area contributed by atoms with Gasteiger partial charge in [0.25, 0.3) is 0 Å². The van der Waals surface area contributed by atoms with Crippen LogP contribution < -0.4 is 5.73 Å². The van der Waals surface area contributed by atoms with Crippen molar-refractivity contribution < 1.29 is 0 Å². The molecule has 0 aliphatic heterocycles. The van der Waals surface area contributed by atoms with E-state index in [1.807, 2.05) is 6.07 Å². The van der Waals surface area contributed by atoms with Crippen LogP contribution in [-0.4, -0.2) is 0 Å². The predicted molar refractivity (Wildman–Crippen MR) is 51.8 cm³/mol. The summed E-state index contributed by atoms with van der Waals surface area (Å²) in [5.41, 5.74) is 6.82. The van der Waals surface area contributed by atoms with Gasteiger partial charge in [-0.05, 0) is 33.6 Å². The fourth-order valence-corrected chi connectivity index (χ4v) is 1.49. The van der Waals surface area contributed by atoms with E-state index >= 15 is 0 Å². The smallest absolute Gasteiger partial charge is 0.0992 e. The maximum Gasteiger partial charge on any atom is 0.0992 e. The van der Waals surface area contributed by atoms with Crippen LogP contribution in [0, 0.1) is 11.3 Å². The number of nitriles is 1. The van der Waals surface area contributed by atoms with Crippen LogP contribution in [0.15, 0.2) is 16.6 Å². The Labute approximate surface area is 84.1 Å². The lowest BCUT2D eigenvalue weighted by Gasteiger charge is -2.03. The van der Waals surface area contributed by atoms with Crippen molar-refractivity contribution in [3.8, 4) is 6.07 Å². The van der Waals surface area contributed by atoms with Crippen LogP contribution in [0.1, 0.15) is 11.1 Å². The van der Waals surface area contributed by atoms with E-state index in [4.69, 9.17) is 22.6 Å². The van der Waals surface area contributed by atoms with Gasteiger partial charge in [0.15, 0.2) is 0 Å². The zero-order chi connectivity index (χ0) is 9.14. The largest absolute Gasteiger partial charge is 0.326 e. The summed E-state index contributed by atoms with van der Waals surface area (Å²) >= 11 is 9.11. The van der Waals surface area contributed by atoms with E-state index < -0.39 is 0 Å². The molecule has 1 aromatic rings. The number of rotatable bonds is 1. The molecule has 0 amide bonds. The van der Waals surface area contributed by atoms with Crippen molar-refractivity contribution in [1.82, 2.24) is 0 Å². The van der Waals surface area contributed by atoms with Gasteiger partial charge in [-0.25, -0.2) is 0 Å². The van der Waals surface area contributed by atoms with Crippen molar-refractivity contribution in [2.45, 2.75) is 6.54 Å². The van der Waals surface area contributed by atoms with Gasteiger partial charge in [0.1, 0.15) is 0 Å². The topological polar surface area (TPSA) is 49.8 Å². The molecule has 4 heteroatoms. The maximum atomic E-state index is 8.61. The number of hydrogen-bond donors (Lipinski definition) is 1. The van der Waals surface area contributed by atoms with Crippen molar-refractivity contribution >= 4 is 27.5 Å². The first-order chi connectivity index (χ1) is 5.69. The highest BCUT2D eigenvalue weighted by atomic mass is 79.9. The van der Waals surface area contributed by atoms with Gasteiger partial charge in [-0.2, -0.15) is 5.26 Å². The molecule has 0 unspecified atom stereocenters. The summed E-state index contributed by atoms with van der Waals surface area (Å²) in [6.45, 7) is 0.371. The molecule has 0 aromatic heterocycles. The van der Waals surface area contributed by atoms with Crippen molar-refractivity contribution in [1.29, 1.82) is 5.26 Å². The van der Waals surface area contributed by atoms with Gasteiger partial charge in [0, 0.05) is 11.0 Å². The second kappa shape index (κ2) is 3.90. The van der Waals surface area contributed by atoms with Crippen LogP contribution in [0.25, 0.3) is 0 Å². The van der Waals surface area contributed by atoms with E-state index in [1.165, 1.54) is 0 Å². The normalized spacial score (nSPS) is 9.50. The highest BCUT2D eigenvalue weighted by molar-refractivity contribution is 9.10. The Morgan fingerprint density at radius 2 is 2.25 bits per heavy atom. The summed E-state index contributed by atoms with van der Waals surface area (Å²) in [5.74, 6) is 0. The molecule has 0 saturated carbocycles. The molecule has 1 aromatic carbocycles. The molecule has 0 atom stereocenters. The molecular formula is C8H6BrClN2. The van der Waals surface area contributed by atoms with Gasteiger partial charge in [0.05, 0.1) is 16.7 Å². The quantitative estimate of drug-likeness (QED) is 0.826. The molecule has 0 aliphatic rings. The molecule has 0 fully saturated rings. The maximum absolute atomic E-state index is 8.61.